The minimum absolute atomic E-state index is 0.702. The Kier molecular flexibility index (Phi) is 10.1. The quantitative estimate of drug-likeness (QED) is 0.482. The van der Waals surface area contributed by atoms with Gasteiger partial charge in [-0.2, -0.15) is 0 Å². The van der Waals surface area contributed by atoms with E-state index >= 15 is 0 Å². The first-order valence-corrected chi connectivity index (χ1v) is 7.39. The smallest absolute Gasteiger partial charge is 0.00695 e. The van der Waals surface area contributed by atoms with E-state index in [1.165, 1.54) is 51.5 Å². The molecule has 98 valence electrons. The van der Waals surface area contributed by atoms with E-state index in [9.17, 15) is 0 Å². The van der Waals surface area contributed by atoms with Crippen LogP contribution in [0.4, 0.5) is 0 Å². The van der Waals surface area contributed by atoms with Gasteiger partial charge in [-0.15, -0.1) is 0 Å². The zero-order valence-corrected chi connectivity index (χ0v) is 12.3. The molecule has 0 amide bonds. The molecule has 16 heavy (non-hydrogen) atoms. The number of nitrogens with zero attached hydrogens (tertiary/aromatic N) is 1. The Hall–Kier alpha value is -0.0400. The molecule has 0 aromatic carbocycles. The summed E-state index contributed by atoms with van der Waals surface area (Å²) in [7, 11) is 0. The molecule has 0 aliphatic rings. The van der Waals surface area contributed by atoms with Crippen molar-refractivity contribution in [1.82, 2.24) is 4.90 Å². The van der Waals surface area contributed by atoms with E-state index in [0.717, 1.165) is 6.04 Å². The third kappa shape index (κ3) is 7.27. The first kappa shape index (κ1) is 16.0. The lowest BCUT2D eigenvalue weighted by Crippen LogP contribution is -2.39. The molecule has 0 rings (SSSR count). The van der Waals surface area contributed by atoms with Crippen molar-refractivity contribution in [3.8, 4) is 0 Å². The summed E-state index contributed by atoms with van der Waals surface area (Å²) in [4.78, 5) is 2.68. The maximum atomic E-state index is 2.68. The zero-order valence-electron chi connectivity index (χ0n) is 12.3. The fourth-order valence-corrected chi connectivity index (χ4v) is 2.47. The molecule has 1 unspecified atom stereocenters. The molecule has 0 aliphatic carbocycles. The van der Waals surface area contributed by atoms with Crippen LogP contribution in [0.5, 0.6) is 0 Å². The number of rotatable bonds is 10. The van der Waals surface area contributed by atoms with Crippen molar-refractivity contribution in [2.45, 2.75) is 91.6 Å². The molecule has 0 aromatic heterocycles. The van der Waals surface area contributed by atoms with Gasteiger partial charge in [0.05, 0.1) is 0 Å². The Morgan fingerprint density at radius 1 is 0.812 bits per heavy atom. The van der Waals surface area contributed by atoms with Gasteiger partial charge in [0.1, 0.15) is 0 Å². The van der Waals surface area contributed by atoms with E-state index in [1.54, 1.807) is 0 Å². The lowest BCUT2D eigenvalue weighted by molar-refractivity contribution is 0.152. The van der Waals surface area contributed by atoms with Crippen LogP contribution in [0.15, 0.2) is 0 Å². The second kappa shape index (κ2) is 10.1. The largest absolute Gasteiger partial charge is 0.298 e. The molecule has 0 bridgehead atoms. The minimum atomic E-state index is 0.702. The molecule has 0 heterocycles. The SMILES string of the molecule is CCCCCCCN(C(C)C)C(C)CCC. The van der Waals surface area contributed by atoms with Crippen LogP contribution in [0, 0.1) is 0 Å². The molecule has 0 saturated heterocycles. The van der Waals surface area contributed by atoms with Crippen molar-refractivity contribution in [3.05, 3.63) is 0 Å². The van der Waals surface area contributed by atoms with Crippen LogP contribution in [0.1, 0.15) is 79.6 Å². The van der Waals surface area contributed by atoms with Gasteiger partial charge in [-0.05, 0) is 40.2 Å². The molecule has 0 fully saturated rings. The van der Waals surface area contributed by atoms with Gasteiger partial charge < -0.3 is 0 Å². The summed E-state index contributed by atoms with van der Waals surface area (Å²) in [6.07, 6.45) is 9.62. The van der Waals surface area contributed by atoms with Crippen LogP contribution in [-0.4, -0.2) is 23.5 Å². The average molecular weight is 227 g/mol. The molecule has 1 atom stereocenters. The zero-order chi connectivity index (χ0) is 12.4. The van der Waals surface area contributed by atoms with Crippen molar-refractivity contribution in [1.29, 1.82) is 0 Å². The highest BCUT2D eigenvalue weighted by Crippen LogP contribution is 2.13. The molecular formula is C15H33N. The van der Waals surface area contributed by atoms with Gasteiger partial charge >= 0.3 is 0 Å². The Morgan fingerprint density at radius 2 is 1.44 bits per heavy atom. The van der Waals surface area contributed by atoms with E-state index in [-0.39, 0.29) is 0 Å². The molecule has 0 radical (unpaired) electrons. The number of hydrogen-bond acceptors (Lipinski definition) is 1. The third-order valence-electron chi connectivity index (χ3n) is 3.46. The summed E-state index contributed by atoms with van der Waals surface area (Å²) in [5.74, 6) is 0. The maximum absolute atomic E-state index is 2.68. The highest BCUT2D eigenvalue weighted by Gasteiger charge is 2.15. The average Bonchev–Trinajstić information content (AvgIpc) is 2.23. The van der Waals surface area contributed by atoms with E-state index in [1.807, 2.05) is 0 Å². The fraction of sp³-hybridized carbons (Fsp3) is 1.00. The molecule has 1 nitrogen and oxygen atoms in total. The van der Waals surface area contributed by atoms with Crippen molar-refractivity contribution in [2.75, 3.05) is 6.54 Å². The van der Waals surface area contributed by atoms with E-state index in [0.29, 0.717) is 6.04 Å². The van der Waals surface area contributed by atoms with Crippen molar-refractivity contribution >= 4 is 0 Å². The summed E-state index contributed by atoms with van der Waals surface area (Å²) >= 11 is 0. The Bertz CT molecular complexity index is 142. The fourth-order valence-electron chi connectivity index (χ4n) is 2.47. The van der Waals surface area contributed by atoms with Crippen LogP contribution in [0.3, 0.4) is 0 Å². The molecule has 0 N–H and O–H groups in total. The second-order valence-corrected chi connectivity index (χ2v) is 5.38. The second-order valence-electron chi connectivity index (χ2n) is 5.38. The molecule has 1 heteroatoms. The maximum Gasteiger partial charge on any atom is 0.00695 e. The summed E-state index contributed by atoms with van der Waals surface area (Å²) in [6, 6.07) is 1.46. The Morgan fingerprint density at radius 3 is 1.94 bits per heavy atom. The van der Waals surface area contributed by atoms with Gasteiger partial charge in [0.2, 0.25) is 0 Å². The van der Waals surface area contributed by atoms with Gasteiger partial charge in [0.25, 0.3) is 0 Å². The summed E-state index contributed by atoms with van der Waals surface area (Å²) in [5, 5.41) is 0. The predicted octanol–water partition coefficient (Wildman–Crippen LogP) is 4.86. The third-order valence-corrected chi connectivity index (χ3v) is 3.46. The van der Waals surface area contributed by atoms with Gasteiger partial charge in [0.15, 0.2) is 0 Å². The Balaban J connectivity index is 3.76. The van der Waals surface area contributed by atoms with E-state index < -0.39 is 0 Å². The van der Waals surface area contributed by atoms with Gasteiger partial charge in [-0.3, -0.25) is 4.90 Å². The van der Waals surface area contributed by atoms with Crippen LogP contribution >= 0.6 is 0 Å². The van der Waals surface area contributed by atoms with Gasteiger partial charge in [-0.25, -0.2) is 0 Å². The van der Waals surface area contributed by atoms with Crippen LogP contribution in [-0.2, 0) is 0 Å². The summed E-state index contributed by atoms with van der Waals surface area (Å²) in [6.45, 7) is 12.9. The lowest BCUT2D eigenvalue weighted by Gasteiger charge is -2.32. The van der Waals surface area contributed by atoms with E-state index in [2.05, 4.69) is 39.5 Å². The van der Waals surface area contributed by atoms with Crippen LogP contribution in [0.25, 0.3) is 0 Å². The predicted molar refractivity (Wildman–Crippen MR) is 75.0 cm³/mol. The van der Waals surface area contributed by atoms with E-state index in [4.69, 9.17) is 0 Å². The summed E-state index contributed by atoms with van der Waals surface area (Å²) in [5.41, 5.74) is 0. The summed E-state index contributed by atoms with van der Waals surface area (Å²) < 4.78 is 0. The first-order valence-electron chi connectivity index (χ1n) is 7.39. The first-order chi connectivity index (χ1) is 7.63. The lowest BCUT2D eigenvalue weighted by atomic mass is 10.1. The highest BCUT2D eigenvalue weighted by atomic mass is 15.2. The highest BCUT2D eigenvalue weighted by molar-refractivity contribution is 4.70. The van der Waals surface area contributed by atoms with Crippen molar-refractivity contribution < 1.29 is 0 Å². The normalized spacial score (nSPS) is 13.7. The number of hydrogen-bond donors (Lipinski definition) is 0. The van der Waals surface area contributed by atoms with Crippen LogP contribution < -0.4 is 0 Å². The van der Waals surface area contributed by atoms with Crippen molar-refractivity contribution in [2.24, 2.45) is 0 Å². The van der Waals surface area contributed by atoms with Gasteiger partial charge in [0, 0.05) is 12.1 Å². The molecule has 0 aromatic rings. The molecular weight excluding hydrogens is 194 g/mol. The molecule has 0 saturated carbocycles. The molecule has 0 aliphatic heterocycles. The minimum Gasteiger partial charge on any atom is -0.298 e. The topological polar surface area (TPSA) is 3.24 Å². The molecule has 0 spiro atoms. The van der Waals surface area contributed by atoms with Gasteiger partial charge in [-0.1, -0.05) is 46.0 Å². The number of unbranched alkanes of at least 4 members (excludes halogenated alkanes) is 4. The monoisotopic (exact) mass is 227 g/mol. The standard InChI is InChI=1S/C15H33N/c1-6-8-9-10-11-13-16(14(3)4)15(5)12-7-2/h14-15H,6-13H2,1-5H3. The van der Waals surface area contributed by atoms with Crippen molar-refractivity contribution in [3.63, 3.8) is 0 Å². The Labute approximate surface area is 104 Å². The van der Waals surface area contributed by atoms with Crippen LogP contribution in [0.2, 0.25) is 0 Å².